The Kier molecular flexibility index (Phi) is 2.80. The first kappa shape index (κ1) is 10.6. The maximum atomic E-state index is 10.9. The van der Waals surface area contributed by atoms with Crippen LogP contribution < -0.4 is 15.2 Å². The number of nitrogens with zero attached hydrogens (tertiary/aromatic N) is 1. The van der Waals surface area contributed by atoms with Crippen LogP contribution in [0.4, 0.5) is 11.5 Å². The van der Waals surface area contributed by atoms with Crippen molar-refractivity contribution in [3.05, 3.63) is 12.1 Å². The van der Waals surface area contributed by atoms with Gasteiger partial charge in [-0.3, -0.25) is 4.72 Å². The highest BCUT2D eigenvalue weighted by atomic mass is 32.2. The number of anilines is 2. The van der Waals surface area contributed by atoms with Crippen molar-refractivity contribution in [1.82, 2.24) is 4.98 Å². The van der Waals surface area contributed by atoms with E-state index in [0.29, 0.717) is 5.69 Å². The Morgan fingerprint density at radius 2 is 2.14 bits per heavy atom. The van der Waals surface area contributed by atoms with Gasteiger partial charge in [-0.2, -0.15) is 4.98 Å². The van der Waals surface area contributed by atoms with E-state index in [1.54, 1.807) is 0 Å². The van der Waals surface area contributed by atoms with E-state index in [4.69, 9.17) is 10.5 Å². The van der Waals surface area contributed by atoms with Crippen molar-refractivity contribution in [2.75, 3.05) is 23.8 Å². The fourth-order valence-corrected chi connectivity index (χ4v) is 1.36. The number of pyridine rings is 1. The van der Waals surface area contributed by atoms with E-state index in [0.717, 1.165) is 6.26 Å². The molecule has 3 N–H and O–H groups in total. The molecule has 0 radical (unpaired) electrons. The molecule has 14 heavy (non-hydrogen) atoms. The second-order valence-electron chi connectivity index (χ2n) is 2.67. The maximum absolute atomic E-state index is 10.9. The summed E-state index contributed by atoms with van der Waals surface area (Å²) in [4.78, 5) is 3.84. The van der Waals surface area contributed by atoms with Gasteiger partial charge >= 0.3 is 0 Å². The monoisotopic (exact) mass is 217 g/mol. The zero-order valence-electron chi connectivity index (χ0n) is 7.81. The molecule has 1 rings (SSSR count). The second kappa shape index (κ2) is 3.70. The molecule has 0 aliphatic carbocycles. The van der Waals surface area contributed by atoms with Gasteiger partial charge < -0.3 is 10.5 Å². The molecule has 0 spiro atoms. The summed E-state index contributed by atoms with van der Waals surface area (Å²) < 4.78 is 28.8. The standard InChI is InChI=1S/C7H11N3O3S/c1-13-7-5(8)3-4-6(9-7)10-14(2,11)12/h3-4H,8H2,1-2H3,(H,9,10). The minimum Gasteiger partial charge on any atom is -0.479 e. The van der Waals surface area contributed by atoms with Crippen molar-refractivity contribution in [3.63, 3.8) is 0 Å². The first-order chi connectivity index (χ1) is 6.42. The quantitative estimate of drug-likeness (QED) is 0.745. The molecule has 1 heterocycles. The summed E-state index contributed by atoms with van der Waals surface area (Å²) in [7, 11) is -1.92. The van der Waals surface area contributed by atoms with Gasteiger partial charge in [-0.25, -0.2) is 8.42 Å². The topological polar surface area (TPSA) is 94.3 Å². The average Bonchev–Trinajstić information content (AvgIpc) is 2.06. The van der Waals surface area contributed by atoms with Gasteiger partial charge in [-0.05, 0) is 12.1 Å². The highest BCUT2D eigenvalue weighted by molar-refractivity contribution is 7.92. The van der Waals surface area contributed by atoms with Crippen molar-refractivity contribution in [1.29, 1.82) is 0 Å². The minimum absolute atomic E-state index is 0.179. The van der Waals surface area contributed by atoms with Gasteiger partial charge in [0, 0.05) is 0 Å². The van der Waals surface area contributed by atoms with Crippen LogP contribution in [0.15, 0.2) is 12.1 Å². The molecule has 1 aromatic heterocycles. The van der Waals surface area contributed by atoms with E-state index in [9.17, 15) is 8.42 Å². The lowest BCUT2D eigenvalue weighted by Gasteiger charge is -2.06. The predicted molar refractivity (Wildman–Crippen MR) is 53.7 cm³/mol. The first-order valence-corrected chi connectivity index (χ1v) is 5.60. The fraction of sp³-hybridized carbons (Fsp3) is 0.286. The van der Waals surface area contributed by atoms with Crippen LogP contribution in [-0.4, -0.2) is 26.8 Å². The molecule has 0 aliphatic heterocycles. The number of nitrogens with two attached hydrogens (primary N) is 1. The third-order valence-corrected chi connectivity index (χ3v) is 1.95. The van der Waals surface area contributed by atoms with E-state index < -0.39 is 10.0 Å². The third-order valence-electron chi connectivity index (χ3n) is 1.37. The number of rotatable bonds is 3. The number of hydrogen-bond donors (Lipinski definition) is 2. The summed E-state index contributed by atoms with van der Waals surface area (Å²) in [6.45, 7) is 0. The van der Waals surface area contributed by atoms with E-state index in [2.05, 4.69) is 9.71 Å². The van der Waals surface area contributed by atoms with E-state index in [1.807, 2.05) is 0 Å². The van der Waals surface area contributed by atoms with Gasteiger partial charge in [0.25, 0.3) is 0 Å². The van der Waals surface area contributed by atoms with Gasteiger partial charge in [0.15, 0.2) is 0 Å². The molecule has 0 unspecified atom stereocenters. The summed E-state index contributed by atoms with van der Waals surface area (Å²) in [5.74, 6) is 0.372. The number of ether oxygens (including phenoxy) is 1. The summed E-state index contributed by atoms with van der Waals surface area (Å²) in [5.41, 5.74) is 5.85. The number of sulfonamides is 1. The highest BCUT2D eigenvalue weighted by Crippen LogP contribution is 2.20. The smallest absolute Gasteiger partial charge is 0.238 e. The normalized spacial score (nSPS) is 11.0. The SMILES string of the molecule is COc1nc(NS(C)(=O)=O)ccc1N. The minimum atomic E-state index is -3.32. The number of methoxy groups -OCH3 is 1. The zero-order chi connectivity index (χ0) is 10.8. The van der Waals surface area contributed by atoms with Crippen molar-refractivity contribution in [3.8, 4) is 5.88 Å². The lowest BCUT2D eigenvalue weighted by atomic mass is 10.4. The Hall–Kier alpha value is -1.50. The number of nitrogens with one attached hydrogen (secondary N) is 1. The summed E-state index contributed by atoms with van der Waals surface area (Å²) in [5, 5.41) is 0. The van der Waals surface area contributed by atoms with Gasteiger partial charge in [0.1, 0.15) is 5.82 Å². The first-order valence-electron chi connectivity index (χ1n) is 3.70. The van der Waals surface area contributed by atoms with Crippen LogP contribution in [0.3, 0.4) is 0 Å². The molecule has 0 atom stereocenters. The molecule has 7 heteroatoms. The van der Waals surface area contributed by atoms with Gasteiger partial charge in [-0.1, -0.05) is 0 Å². The van der Waals surface area contributed by atoms with Crippen LogP contribution in [0.1, 0.15) is 0 Å². The number of nitrogen functional groups attached to an aromatic ring is 1. The summed E-state index contributed by atoms with van der Waals surface area (Å²) in [6, 6.07) is 2.97. The maximum Gasteiger partial charge on any atom is 0.238 e. The van der Waals surface area contributed by atoms with Gasteiger partial charge in [0.2, 0.25) is 15.9 Å². The average molecular weight is 217 g/mol. The second-order valence-corrected chi connectivity index (χ2v) is 4.42. The van der Waals surface area contributed by atoms with Crippen molar-refractivity contribution < 1.29 is 13.2 Å². The predicted octanol–water partition coefficient (Wildman–Crippen LogP) is 0.0439. The highest BCUT2D eigenvalue weighted by Gasteiger charge is 2.06. The van der Waals surface area contributed by atoms with Crippen LogP contribution in [0.2, 0.25) is 0 Å². The van der Waals surface area contributed by atoms with Crippen LogP contribution in [-0.2, 0) is 10.0 Å². The Bertz CT molecular complexity index is 430. The van der Waals surface area contributed by atoms with Gasteiger partial charge in [-0.15, -0.1) is 0 Å². The van der Waals surface area contributed by atoms with E-state index in [-0.39, 0.29) is 11.7 Å². The molecule has 6 nitrogen and oxygen atoms in total. The Balaban J connectivity index is 3.01. The molecule has 0 saturated heterocycles. The largest absolute Gasteiger partial charge is 0.479 e. The zero-order valence-corrected chi connectivity index (χ0v) is 8.63. The molecular formula is C7H11N3O3S. The van der Waals surface area contributed by atoms with Crippen LogP contribution in [0, 0.1) is 0 Å². The lowest BCUT2D eigenvalue weighted by Crippen LogP contribution is -2.11. The fourth-order valence-electron chi connectivity index (χ4n) is 0.862. The van der Waals surface area contributed by atoms with Gasteiger partial charge in [0.05, 0.1) is 19.1 Å². The molecule has 0 fully saturated rings. The van der Waals surface area contributed by atoms with Crippen molar-refractivity contribution >= 4 is 21.5 Å². The summed E-state index contributed by atoms with van der Waals surface area (Å²) in [6.07, 6.45) is 1.04. The molecular weight excluding hydrogens is 206 g/mol. The Morgan fingerprint density at radius 3 is 2.64 bits per heavy atom. The molecule has 0 bridgehead atoms. The Morgan fingerprint density at radius 1 is 1.50 bits per heavy atom. The molecule has 0 saturated carbocycles. The number of aromatic nitrogens is 1. The summed E-state index contributed by atoms with van der Waals surface area (Å²) >= 11 is 0. The number of hydrogen-bond acceptors (Lipinski definition) is 5. The Labute approximate surface area is 82.1 Å². The van der Waals surface area contributed by atoms with Crippen LogP contribution >= 0.6 is 0 Å². The lowest BCUT2D eigenvalue weighted by molar-refractivity contribution is 0.401. The van der Waals surface area contributed by atoms with E-state index >= 15 is 0 Å². The van der Waals surface area contributed by atoms with Crippen molar-refractivity contribution in [2.24, 2.45) is 0 Å². The molecule has 0 aromatic carbocycles. The van der Waals surface area contributed by atoms with E-state index in [1.165, 1.54) is 19.2 Å². The molecule has 1 aromatic rings. The third kappa shape index (κ3) is 2.77. The van der Waals surface area contributed by atoms with Crippen molar-refractivity contribution in [2.45, 2.75) is 0 Å². The van der Waals surface area contributed by atoms with Crippen LogP contribution in [0.25, 0.3) is 0 Å². The van der Waals surface area contributed by atoms with Crippen LogP contribution in [0.5, 0.6) is 5.88 Å². The molecule has 78 valence electrons. The molecule has 0 amide bonds. The molecule has 0 aliphatic rings.